The lowest BCUT2D eigenvalue weighted by Gasteiger charge is -2.15. The maximum absolute atomic E-state index is 13.2. The van der Waals surface area contributed by atoms with Crippen LogP contribution in [0.3, 0.4) is 0 Å². The van der Waals surface area contributed by atoms with Crippen molar-refractivity contribution >= 4 is 17.2 Å². The van der Waals surface area contributed by atoms with Gasteiger partial charge in [0.2, 0.25) is 0 Å². The van der Waals surface area contributed by atoms with Crippen molar-refractivity contribution in [3.63, 3.8) is 0 Å². The number of aldehydes is 1. The van der Waals surface area contributed by atoms with Gasteiger partial charge in [0.05, 0.1) is 5.69 Å². The lowest BCUT2D eigenvalue weighted by molar-refractivity contribution is 0.111. The van der Waals surface area contributed by atoms with Crippen LogP contribution in [0.4, 0.5) is 4.39 Å². The van der Waals surface area contributed by atoms with Crippen LogP contribution in [0.2, 0.25) is 0 Å². The van der Waals surface area contributed by atoms with Crippen LogP contribution in [0.25, 0.3) is 22.0 Å². The Labute approximate surface area is 129 Å². The van der Waals surface area contributed by atoms with Crippen LogP contribution < -0.4 is 0 Å². The number of carbonyl (C=O) groups excluding carboxylic acids is 1. The van der Waals surface area contributed by atoms with E-state index < -0.39 is 0 Å². The number of rotatable bonds is 4. The first-order valence-electron chi connectivity index (χ1n) is 7.51. The summed E-state index contributed by atoms with van der Waals surface area (Å²) in [5.74, 6) is -0.276. The molecule has 0 saturated heterocycles. The average Bonchev–Trinajstić information content (AvgIpc) is 2.89. The molecular weight excluding hydrogens is 277 g/mol. The van der Waals surface area contributed by atoms with Crippen molar-refractivity contribution in [2.45, 2.75) is 26.3 Å². The molecule has 2 nitrogen and oxygen atoms in total. The number of aromatic nitrogens is 1. The van der Waals surface area contributed by atoms with E-state index in [0.717, 1.165) is 34.7 Å². The molecule has 3 aromatic rings. The lowest BCUT2D eigenvalue weighted by Crippen LogP contribution is -2.07. The molecule has 3 heteroatoms. The topological polar surface area (TPSA) is 22.0 Å². The predicted octanol–water partition coefficient (Wildman–Crippen LogP) is 5.23. The number of halogens is 1. The van der Waals surface area contributed by atoms with E-state index in [1.165, 1.54) is 12.1 Å². The molecule has 0 spiro atoms. The Hall–Kier alpha value is -2.42. The molecule has 0 aliphatic heterocycles. The molecule has 0 aliphatic rings. The fraction of sp³-hybridized carbons (Fsp3) is 0.211. The highest BCUT2D eigenvalue weighted by molar-refractivity contribution is 6.04. The van der Waals surface area contributed by atoms with Gasteiger partial charge in [-0.3, -0.25) is 4.79 Å². The summed E-state index contributed by atoms with van der Waals surface area (Å²) >= 11 is 0. The molecule has 0 bridgehead atoms. The van der Waals surface area contributed by atoms with Gasteiger partial charge in [-0.15, -0.1) is 0 Å². The number of hydrogen-bond donors (Lipinski definition) is 0. The Morgan fingerprint density at radius 1 is 1.14 bits per heavy atom. The van der Waals surface area contributed by atoms with Crippen molar-refractivity contribution in [1.29, 1.82) is 0 Å². The van der Waals surface area contributed by atoms with E-state index in [-0.39, 0.29) is 11.9 Å². The van der Waals surface area contributed by atoms with E-state index in [1.54, 1.807) is 12.1 Å². The Morgan fingerprint density at radius 3 is 2.45 bits per heavy atom. The fourth-order valence-electron chi connectivity index (χ4n) is 2.98. The van der Waals surface area contributed by atoms with E-state index >= 15 is 0 Å². The molecule has 0 aliphatic carbocycles. The van der Waals surface area contributed by atoms with Gasteiger partial charge in [0.15, 0.2) is 6.29 Å². The number of carbonyl (C=O) groups is 1. The van der Waals surface area contributed by atoms with Crippen LogP contribution in [-0.4, -0.2) is 10.9 Å². The summed E-state index contributed by atoms with van der Waals surface area (Å²) in [4.78, 5) is 11.8. The van der Waals surface area contributed by atoms with Gasteiger partial charge in [0.1, 0.15) is 5.82 Å². The molecular formula is C19H18FNO. The number of para-hydroxylation sites is 1. The van der Waals surface area contributed by atoms with E-state index in [2.05, 4.69) is 18.4 Å². The standard InChI is InChI=1S/C19H18FNO/c1-3-13(2)21-17-7-5-4-6-16(17)19(18(21)12-22)14-8-10-15(20)11-9-14/h4-13H,3H2,1-2H3. The second-order valence-electron chi connectivity index (χ2n) is 5.53. The molecule has 2 aromatic carbocycles. The molecule has 1 unspecified atom stereocenters. The maximum Gasteiger partial charge on any atom is 0.167 e. The van der Waals surface area contributed by atoms with Crippen molar-refractivity contribution in [3.8, 4) is 11.1 Å². The summed E-state index contributed by atoms with van der Waals surface area (Å²) in [6.07, 6.45) is 1.84. The smallest absolute Gasteiger partial charge is 0.167 e. The summed E-state index contributed by atoms with van der Waals surface area (Å²) in [6.45, 7) is 4.21. The van der Waals surface area contributed by atoms with Crippen LogP contribution in [0, 0.1) is 5.82 Å². The van der Waals surface area contributed by atoms with Gasteiger partial charge in [-0.2, -0.15) is 0 Å². The van der Waals surface area contributed by atoms with Gasteiger partial charge in [-0.25, -0.2) is 4.39 Å². The SMILES string of the molecule is CCC(C)n1c(C=O)c(-c2ccc(F)cc2)c2ccccc21. The second-order valence-corrected chi connectivity index (χ2v) is 5.53. The molecule has 1 aromatic heterocycles. The molecule has 22 heavy (non-hydrogen) atoms. The van der Waals surface area contributed by atoms with Crippen molar-refractivity contribution in [2.24, 2.45) is 0 Å². The number of nitrogens with zero attached hydrogens (tertiary/aromatic N) is 1. The van der Waals surface area contributed by atoms with E-state index in [0.29, 0.717) is 5.69 Å². The van der Waals surface area contributed by atoms with E-state index in [1.807, 2.05) is 24.3 Å². The summed E-state index contributed by atoms with van der Waals surface area (Å²) in [6, 6.07) is 14.5. The molecule has 0 radical (unpaired) electrons. The Kier molecular flexibility index (Phi) is 3.80. The molecule has 1 atom stereocenters. The average molecular weight is 295 g/mol. The first kappa shape index (κ1) is 14.5. The number of fused-ring (bicyclic) bond motifs is 1. The first-order valence-corrected chi connectivity index (χ1v) is 7.51. The van der Waals surface area contributed by atoms with Crippen LogP contribution in [0.1, 0.15) is 36.8 Å². The van der Waals surface area contributed by atoms with Crippen molar-refractivity contribution in [2.75, 3.05) is 0 Å². The van der Waals surface area contributed by atoms with Gasteiger partial charge in [-0.05, 0) is 37.1 Å². The van der Waals surface area contributed by atoms with Gasteiger partial charge < -0.3 is 4.57 Å². The highest BCUT2D eigenvalue weighted by Crippen LogP contribution is 2.36. The minimum absolute atomic E-state index is 0.222. The van der Waals surface area contributed by atoms with Crippen LogP contribution in [-0.2, 0) is 0 Å². The summed E-state index contributed by atoms with van der Waals surface area (Å²) in [5.41, 5.74) is 3.44. The summed E-state index contributed by atoms with van der Waals surface area (Å²) < 4.78 is 15.3. The molecule has 0 amide bonds. The number of hydrogen-bond acceptors (Lipinski definition) is 1. The third-order valence-corrected chi connectivity index (χ3v) is 4.22. The zero-order valence-corrected chi connectivity index (χ0v) is 12.7. The predicted molar refractivity (Wildman–Crippen MR) is 87.7 cm³/mol. The third-order valence-electron chi connectivity index (χ3n) is 4.22. The van der Waals surface area contributed by atoms with Crippen molar-refractivity contribution in [1.82, 2.24) is 4.57 Å². The molecule has 1 heterocycles. The Balaban J connectivity index is 2.38. The number of benzene rings is 2. The van der Waals surface area contributed by atoms with Crippen molar-refractivity contribution < 1.29 is 9.18 Å². The van der Waals surface area contributed by atoms with Crippen LogP contribution >= 0.6 is 0 Å². The molecule has 3 rings (SSSR count). The molecule has 0 fully saturated rings. The largest absolute Gasteiger partial charge is 0.335 e. The molecule has 0 saturated carbocycles. The van der Waals surface area contributed by atoms with Crippen LogP contribution in [0.5, 0.6) is 0 Å². The second kappa shape index (κ2) is 5.76. The Bertz CT molecular complexity index is 817. The van der Waals surface area contributed by atoms with Gasteiger partial charge >= 0.3 is 0 Å². The lowest BCUT2D eigenvalue weighted by atomic mass is 10.0. The Morgan fingerprint density at radius 2 is 1.82 bits per heavy atom. The maximum atomic E-state index is 13.2. The highest BCUT2D eigenvalue weighted by Gasteiger charge is 2.20. The highest BCUT2D eigenvalue weighted by atomic mass is 19.1. The minimum atomic E-state index is -0.276. The zero-order valence-electron chi connectivity index (χ0n) is 12.7. The van der Waals surface area contributed by atoms with Gasteiger partial charge in [0, 0.05) is 22.5 Å². The molecule has 0 N–H and O–H groups in total. The first-order chi connectivity index (χ1) is 10.7. The van der Waals surface area contributed by atoms with Gasteiger partial charge in [0.25, 0.3) is 0 Å². The van der Waals surface area contributed by atoms with Gasteiger partial charge in [-0.1, -0.05) is 37.3 Å². The summed E-state index contributed by atoms with van der Waals surface area (Å²) in [5, 5.41) is 1.02. The molecule has 112 valence electrons. The van der Waals surface area contributed by atoms with E-state index in [4.69, 9.17) is 0 Å². The van der Waals surface area contributed by atoms with E-state index in [9.17, 15) is 9.18 Å². The third kappa shape index (κ3) is 2.23. The van der Waals surface area contributed by atoms with Crippen molar-refractivity contribution in [3.05, 3.63) is 60.0 Å². The zero-order chi connectivity index (χ0) is 15.7. The monoisotopic (exact) mass is 295 g/mol. The normalized spacial score (nSPS) is 12.5. The summed E-state index contributed by atoms with van der Waals surface area (Å²) in [7, 11) is 0. The fourth-order valence-corrected chi connectivity index (χ4v) is 2.98. The van der Waals surface area contributed by atoms with Crippen LogP contribution in [0.15, 0.2) is 48.5 Å². The minimum Gasteiger partial charge on any atom is -0.335 e. The quantitative estimate of drug-likeness (QED) is 0.604.